The van der Waals surface area contributed by atoms with Gasteiger partial charge in [0, 0.05) is 16.6 Å². The lowest BCUT2D eigenvalue weighted by Crippen LogP contribution is -2.14. The van der Waals surface area contributed by atoms with Gasteiger partial charge in [0.05, 0.1) is 10.6 Å². The number of rotatable bonds is 3. The van der Waals surface area contributed by atoms with E-state index in [4.69, 9.17) is 11.6 Å². The lowest BCUT2D eigenvalue weighted by Gasteiger charge is -2.07. The Kier molecular flexibility index (Phi) is 4.31. The molecule has 0 bridgehead atoms. The van der Waals surface area contributed by atoms with Gasteiger partial charge in [0.15, 0.2) is 0 Å². The average molecular weight is 357 g/mol. The number of nitrogens with one attached hydrogen (secondary N) is 1. The third-order valence-corrected chi connectivity index (χ3v) is 3.26. The number of anilines is 1. The molecule has 0 fully saturated rings. The molecule has 2 rings (SSSR count). The van der Waals surface area contributed by atoms with Gasteiger partial charge < -0.3 is 5.32 Å². The molecule has 1 heterocycles. The van der Waals surface area contributed by atoms with Crippen molar-refractivity contribution >= 4 is 44.8 Å². The molecule has 0 atom stereocenters. The van der Waals surface area contributed by atoms with Crippen molar-refractivity contribution in [1.82, 2.24) is 4.98 Å². The number of benzene rings is 1. The van der Waals surface area contributed by atoms with Crippen LogP contribution in [-0.4, -0.2) is 15.8 Å². The first-order valence-electron chi connectivity index (χ1n) is 5.35. The van der Waals surface area contributed by atoms with Crippen LogP contribution in [0.5, 0.6) is 0 Å². The third kappa shape index (κ3) is 3.31. The van der Waals surface area contributed by atoms with Gasteiger partial charge in [-0.2, -0.15) is 0 Å². The summed E-state index contributed by atoms with van der Waals surface area (Å²) in [5, 5.41) is 13.4. The molecule has 0 aliphatic rings. The Labute approximate surface area is 127 Å². The highest BCUT2D eigenvalue weighted by Crippen LogP contribution is 2.27. The van der Waals surface area contributed by atoms with Crippen LogP contribution in [0.15, 0.2) is 40.9 Å². The standard InChI is InChI=1S/C12H7BrClN3O3/c13-8-5-4-7(17(19)20)6-10(8)16-12(18)9-2-1-3-11(14)15-9/h1-6H,(H,16,18). The molecule has 0 aliphatic carbocycles. The second-order valence-electron chi connectivity index (χ2n) is 3.72. The Hall–Kier alpha value is -1.99. The molecule has 8 heteroatoms. The number of non-ortho nitro benzene ring substituents is 1. The van der Waals surface area contributed by atoms with Crippen LogP contribution in [0.2, 0.25) is 5.15 Å². The van der Waals surface area contributed by atoms with Crippen LogP contribution in [-0.2, 0) is 0 Å². The van der Waals surface area contributed by atoms with Crippen LogP contribution in [0.1, 0.15) is 10.5 Å². The number of pyridine rings is 1. The van der Waals surface area contributed by atoms with Crippen LogP contribution in [0.4, 0.5) is 11.4 Å². The average Bonchev–Trinajstić information content (AvgIpc) is 2.41. The zero-order valence-electron chi connectivity index (χ0n) is 9.84. The smallest absolute Gasteiger partial charge is 0.274 e. The number of nitro benzene ring substituents is 1. The number of amides is 1. The summed E-state index contributed by atoms with van der Waals surface area (Å²) in [6.45, 7) is 0. The molecule has 102 valence electrons. The molecular formula is C12H7BrClN3O3. The Morgan fingerprint density at radius 3 is 2.75 bits per heavy atom. The Morgan fingerprint density at radius 2 is 2.10 bits per heavy atom. The first-order valence-corrected chi connectivity index (χ1v) is 6.52. The lowest BCUT2D eigenvalue weighted by atomic mass is 10.2. The zero-order chi connectivity index (χ0) is 14.7. The van der Waals surface area contributed by atoms with Crippen LogP contribution < -0.4 is 5.32 Å². The number of nitro groups is 1. The minimum absolute atomic E-state index is 0.121. The van der Waals surface area contributed by atoms with Gasteiger partial charge in [-0.3, -0.25) is 14.9 Å². The van der Waals surface area contributed by atoms with Crippen molar-refractivity contribution in [3.63, 3.8) is 0 Å². The van der Waals surface area contributed by atoms with E-state index in [9.17, 15) is 14.9 Å². The molecule has 1 amide bonds. The van der Waals surface area contributed by atoms with Gasteiger partial charge in [0.25, 0.3) is 11.6 Å². The molecule has 6 nitrogen and oxygen atoms in total. The second kappa shape index (κ2) is 5.98. The summed E-state index contributed by atoms with van der Waals surface area (Å²) in [5.74, 6) is -0.506. The molecule has 1 N–H and O–H groups in total. The summed E-state index contributed by atoms with van der Waals surface area (Å²) in [5.41, 5.74) is 0.282. The van der Waals surface area contributed by atoms with Crippen molar-refractivity contribution in [2.75, 3.05) is 5.32 Å². The van der Waals surface area contributed by atoms with E-state index in [2.05, 4.69) is 26.2 Å². The van der Waals surface area contributed by atoms with Gasteiger partial charge in [-0.15, -0.1) is 0 Å². The highest BCUT2D eigenvalue weighted by Gasteiger charge is 2.13. The molecular weight excluding hydrogens is 350 g/mol. The first kappa shape index (κ1) is 14.4. The van der Waals surface area contributed by atoms with E-state index < -0.39 is 10.8 Å². The molecule has 1 aromatic carbocycles. The molecule has 0 saturated heterocycles. The fraction of sp³-hybridized carbons (Fsp3) is 0. The number of hydrogen-bond donors (Lipinski definition) is 1. The normalized spacial score (nSPS) is 10.1. The summed E-state index contributed by atoms with van der Waals surface area (Å²) < 4.78 is 0.526. The van der Waals surface area contributed by atoms with E-state index in [-0.39, 0.29) is 22.2 Å². The lowest BCUT2D eigenvalue weighted by molar-refractivity contribution is -0.384. The predicted molar refractivity (Wildman–Crippen MR) is 78.0 cm³/mol. The van der Waals surface area contributed by atoms with Gasteiger partial charge >= 0.3 is 0 Å². The van der Waals surface area contributed by atoms with Crippen LogP contribution in [0.25, 0.3) is 0 Å². The van der Waals surface area contributed by atoms with E-state index in [1.807, 2.05) is 0 Å². The summed E-state index contributed by atoms with van der Waals surface area (Å²) in [6.07, 6.45) is 0. The third-order valence-electron chi connectivity index (χ3n) is 2.36. The molecule has 0 aliphatic heterocycles. The molecule has 0 unspecified atom stereocenters. The maximum Gasteiger partial charge on any atom is 0.274 e. The quantitative estimate of drug-likeness (QED) is 0.516. The molecule has 0 spiro atoms. The number of nitrogens with zero attached hydrogens (tertiary/aromatic N) is 2. The van der Waals surface area contributed by atoms with Gasteiger partial charge in [-0.05, 0) is 34.1 Å². The Morgan fingerprint density at radius 1 is 1.35 bits per heavy atom. The highest BCUT2D eigenvalue weighted by molar-refractivity contribution is 9.10. The first-order chi connectivity index (χ1) is 9.47. The molecule has 1 aromatic heterocycles. The van der Waals surface area contributed by atoms with Gasteiger partial charge in [-0.1, -0.05) is 17.7 Å². The maximum atomic E-state index is 12.0. The van der Waals surface area contributed by atoms with Crippen LogP contribution in [0.3, 0.4) is 0 Å². The monoisotopic (exact) mass is 355 g/mol. The van der Waals surface area contributed by atoms with E-state index in [0.717, 1.165) is 0 Å². The second-order valence-corrected chi connectivity index (χ2v) is 4.96. The Bertz CT molecular complexity index is 693. The number of carbonyl (C=O) groups excluding carboxylic acids is 1. The summed E-state index contributed by atoms with van der Waals surface area (Å²) >= 11 is 8.91. The van der Waals surface area contributed by atoms with Crippen molar-refractivity contribution in [2.24, 2.45) is 0 Å². The van der Waals surface area contributed by atoms with Crippen LogP contribution >= 0.6 is 27.5 Å². The number of halogens is 2. The fourth-order valence-corrected chi connectivity index (χ4v) is 1.95. The summed E-state index contributed by atoms with van der Waals surface area (Å²) in [6, 6.07) is 8.70. The molecule has 0 saturated carbocycles. The number of aromatic nitrogens is 1. The summed E-state index contributed by atoms with van der Waals surface area (Å²) in [7, 11) is 0. The molecule has 0 radical (unpaired) electrons. The maximum absolute atomic E-state index is 12.0. The van der Waals surface area contributed by atoms with E-state index in [1.54, 1.807) is 12.1 Å². The van der Waals surface area contributed by atoms with Crippen molar-refractivity contribution in [3.8, 4) is 0 Å². The predicted octanol–water partition coefficient (Wildman–Crippen LogP) is 3.66. The van der Waals surface area contributed by atoms with E-state index in [1.165, 1.54) is 24.3 Å². The summed E-state index contributed by atoms with van der Waals surface area (Å²) in [4.78, 5) is 26.0. The topological polar surface area (TPSA) is 85.1 Å². The van der Waals surface area contributed by atoms with Crippen LogP contribution in [0, 0.1) is 10.1 Å². The fourth-order valence-electron chi connectivity index (χ4n) is 1.44. The Balaban J connectivity index is 2.27. The van der Waals surface area contributed by atoms with Gasteiger partial charge in [0.1, 0.15) is 10.8 Å². The SMILES string of the molecule is O=C(Nc1cc([N+](=O)[O-])ccc1Br)c1cccc(Cl)n1. The zero-order valence-corrected chi connectivity index (χ0v) is 12.2. The van der Waals surface area contributed by atoms with Crippen molar-refractivity contribution in [1.29, 1.82) is 0 Å². The number of hydrogen-bond acceptors (Lipinski definition) is 4. The highest BCUT2D eigenvalue weighted by atomic mass is 79.9. The van der Waals surface area contributed by atoms with Crippen molar-refractivity contribution in [2.45, 2.75) is 0 Å². The van der Waals surface area contributed by atoms with E-state index in [0.29, 0.717) is 4.47 Å². The van der Waals surface area contributed by atoms with E-state index >= 15 is 0 Å². The van der Waals surface area contributed by atoms with Crippen molar-refractivity contribution < 1.29 is 9.72 Å². The number of carbonyl (C=O) groups is 1. The largest absolute Gasteiger partial charge is 0.319 e. The molecule has 20 heavy (non-hydrogen) atoms. The van der Waals surface area contributed by atoms with Gasteiger partial charge in [-0.25, -0.2) is 4.98 Å². The minimum Gasteiger partial charge on any atom is -0.319 e. The van der Waals surface area contributed by atoms with Gasteiger partial charge in [0.2, 0.25) is 0 Å². The van der Waals surface area contributed by atoms with Crippen molar-refractivity contribution in [3.05, 3.63) is 61.8 Å². The minimum atomic E-state index is -0.542. The molecule has 2 aromatic rings.